The van der Waals surface area contributed by atoms with Crippen LogP contribution in [0.5, 0.6) is 0 Å². The van der Waals surface area contributed by atoms with Crippen LogP contribution in [0.4, 0.5) is 19.3 Å². The number of alkyl halides is 2. The Morgan fingerprint density at radius 2 is 2.00 bits per heavy atom. The highest BCUT2D eigenvalue weighted by Crippen LogP contribution is 2.06. The minimum atomic E-state index is -2.52. The van der Waals surface area contributed by atoms with Crippen LogP contribution in [-0.4, -0.2) is 30.9 Å². The van der Waals surface area contributed by atoms with Gasteiger partial charge in [-0.25, -0.2) is 13.6 Å². The van der Waals surface area contributed by atoms with E-state index in [1.54, 1.807) is 30.3 Å². The predicted octanol–water partition coefficient (Wildman–Crippen LogP) is 2.42. The SMILES string of the molecule is CN(CC(F)F)C(=O)Nc1ccccc1. The maximum absolute atomic E-state index is 12.0. The van der Waals surface area contributed by atoms with Crippen LogP contribution in [0, 0.1) is 0 Å². The van der Waals surface area contributed by atoms with Crippen molar-refractivity contribution >= 4 is 11.7 Å². The van der Waals surface area contributed by atoms with E-state index in [-0.39, 0.29) is 0 Å². The Balaban J connectivity index is 2.49. The van der Waals surface area contributed by atoms with Gasteiger partial charge in [-0.1, -0.05) is 18.2 Å². The molecule has 5 heteroatoms. The van der Waals surface area contributed by atoms with Gasteiger partial charge in [-0.05, 0) is 12.1 Å². The van der Waals surface area contributed by atoms with Gasteiger partial charge in [0.1, 0.15) is 0 Å². The van der Waals surface area contributed by atoms with E-state index in [2.05, 4.69) is 5.32 Å². The van der Waals surface area contributed by atoms with Crippen molar-refractivity contribution in [2.45, 2.75) is 6.43 Å². The monoisotopic (exact) mass is 214 g/mol. The van der Waals surface area contributed by atoms with E-state index in [1.807, 2.05) is 0 Å². The van der Waals surface area contributed by atoms with Gasteiger partial charge in [-0.2, -0.15) is 0 Å². The number of para-hydroxylation sites is 1. The average molecular weight is 214 g/mol. The lowest BCUT2D eigenvalue weighted by molar-refractivity contribution is 0.111. The molecule has 0 bridgehead atoms. The Kier molecular flexibility index (Phi) is 4.03. The lowest BCUT2D eigenvalue weighted by Crippen LogP contribution is -2.34. The van der Waals surface area contributed by atoms with E-state index in [1.165, 1.54) is 7.05 Å². The molecule has 1 aromatic rings. The van der Waals surface area contributed by atoms with Gasteiger partial charge in [0, 0.05) is 12.7 Å². The summed E-state index contributed by atoms with van der Waals surface area (Å²) in [6.45, 7) is -0.571. The summed E-state index contributed by atoms with van der Waals surface area (Å²) >= 11 is 0. The summed E-state index contributed by atoms with van der Waals surface area (Å²) in [7, 11) is 1.32. The molecule has 15 heavy (non-hydrogen) atoms. The molecule has 0 aliphatic rings. The normalized spacial score (nSPS) is 10.1. The van der Waals surface area contributed by atoms with Crippen molar-refractivity contribution < 1.29 is 13.6 Å². The first kappa shape index (κ1) is 11.4. The number of halogens is 2. The van der Waals surface area contributed by atoms with Crippen molar-refractivity contribution in [1.29, 1.82) is 0 Å². The minimum Gasteiger partial charge on any atom is -0.322 e. The van der Waals surface area contributed by atoms with Crippen LogP contribution in [0.1, 0.15) is 0 Å². The summed E-state index contributed by atoms with van der Waals surface area (Å²) in [5, 5.41) is 2.50. The van der Waals surface area contributed by atoms with E-state index in [0.29, 0.717) is 5.69 Å². The van der Waals surface area contributed by atoms with Crippen LogP contribution >= 0.6 is 0 Å². The maximum Gasteiger partial charge on any atom is 0.321 e. The third-order valence-electron chi connectivity index (χ3n) is 1.78. The number of hydrogen-bond acceptors (Lipinski definition) is 1. The number of amides is 2. The van der Waals surface area contributed by atoms with E-state index < -0.39 is 19.0 Å². The van der Waals surface area contributed by atoms with Crippen LogP contribution < -0.4 is 5.32 Å². The van der Waals surface area contributed by atoms with E-state index >= 15 is 0 Å². The fourth-order valence-electron chi connectivity index (χ4n) is 1.03. The van der Waals surface area contributed by atoms with Crippen molar-refractivity contribution in [3.05, 3.63) is 30.3 Å². The number of nitrogens with zero attached hydrogens (tertiary/aromatic N) is 1. The van der Waals surface area contributed by atoms with Crippen molar-refractivity contribution in [2.75, 3.05) is 18.9 Å². The Bertz CT molecular complexity index is 316. The Labute approximate surface area is 86.7 Å². The number of anilines is 1. The minimum absolute atomic E-state index is 0.540. The summed E-state index contributed by atoms with van der Waals surface area (Å²) in [6, 6.07) is 8.15. The number of carbonyl (C=O) groups is 1. The molecule has 1 rings (SSSR count). The largest absolute Gasteiger partial charge is 0.322 e. The highest BCUT2D eigenvalue weighted by molar-refractivity contribution is 5.89. The highest BCUT2D eigenvalue weighted by atomic mass is 19.3. The molecule has 0 fully saturated rings. The fourth-order valence-corrected chi connectivity index (χ4v) is 1.03. The number of rotatable bonds is 3. The quantitative estimate of drug-likeness (QED) is 0.823. The molecule has 0 spiro atoms. The molecule has 0 aromatic heterocycles. The van der Waals surface area contributed by atoms with Gasteiger partial charge in [0.15, 0.2) is 0 Å². The molecule has 0 saturated carbocycles. The molecule has 0 atom stereocenters. The van der Waals surface area contributed by atoms with Crippen molar-refractivity contribution in [3.8, 4) is 0 Å². The van der Waals surface area contributed by atoms with Crippen LogP contribution in [-0.2, 0) is 0 Å². The van der Waals surface area contributed by atoms with Crippen LogP contribution in [0.3, 0.4) is 0 Å². The second-order valence-electron chi connectivity index (χ2n) is 3.07. The third kappa shape index (κ3) is 3.93. The highest BCUT2D eigenvalue weighted by Gasteiger charge is 2.13. The van der Waals surface area contributed by atoms with Gasteiger partial charge in [0.2, 0.25) is 0 Å². The summed E-state index contributed by atoms with van der Waals surface area (Å²) in [6.07, 6.45) is -2.52. The molecule has 3 nitrogen and oxygen atoms in total. The Hall–Kier alpha value is -1.65. The topological polar surface area (TPSA) is 32.3 Å². The molecule has 0 unspecified atom stereocenters. The molecule has 0 heterocycles. The van der Waals surface area contributed by atoms with Gasteiger partial charge in [0.25, 0.3) is 6.43 Å². The van der Waals surface area contributed by atoms with Crippen LogP contribution in [0.2, 0.25) is 0 Å². The van der Waals surface area contributed by atoms with Crippen molar-refractivity contribution in [3.63, 3.8) is 0 Å². The summed E-state index contributed by atoms with van der Waals surface area (Å²) in [4.78, 5) is 12.3. The van der Waals surface area contributed by atoms with Gasteiger partial charge in [0.05, 0.1) is 6.54 Å². The average Bonchev–Trinajstić information content (AvgIpc) is 2.18. The molecular formula is C10H12F2N2O. The Morgan fingerprint density at radius 1 is 1.40 bits per heavy atom. The second kappa shape index (κ2) is 5.29. The molecule has 1 aromatic carbocycles. The smallest absolute Gasteiger partial charge is 0.321 e. The van der Waals surface area contributed by atoms with Gasteiger partial charge < -0.3 is 10.2 Å². The van der Waals surface area contributed by atoms with Gasteiger partial charge in [-0.3, -0.25) is 0 Å². The van der Waals surface area contributed by atoms with Crippen LogP contribution in [0.15, 0.2) is 30.3 Å². The first-order valence-electron chi connectivity index (χ1n) is 4.45. The molecule has 82 valence electrons. The van der Waals surface area contributed by atoms with E-state index in [9.17, 15) is 13.6 Å². The molecular weight excluding hydrogens is 202 g/mol. The maximum atomic E-state index is 12.0. The number of hydrogen-bond donors (Lipinski definition) is 1. The molecule has 0 aliphatic carbocycles. The molecule has 2 amide bonds. The molecule has 0 radical (unpaired) electrons. The second-order valence-corrected chi connectivity index (χ2v) is 3.07. The molecule has 0 aliphatic heterocycles. The zero-order valence-corrected chi connectivity index (χ0v) is 8.28. The van der Waals surface area contributed by atoms with E-state index in [0.717, 1.165) is 4.90 Å². The molecule has 1 N–H and O–H groups in total. The summed E-state index contributed by atoms with van der Waals surface area (Å²) < 4.78 is 23.9. The van der Waals surface area contributed by atoms with Gasteiger partial charge >= 0.3 is 6.03 Å². The third-order valence-corrected chi connectivity index (χ3v) is 1.78. The zero-order chi connectivity index (χ0) is 11.3. The first-order valence-corrected chi connectivity index (χ1v) is 4.45. The Morgan fingerprint density at radius 3 is 2.53 bits per heavy atom. The number of carbonyl (C=O) groups excluding carboxylic acids is 1. The summed E-state index contributed by atoms with van der Waals surface area (Å²) in [5.74, 6) is 0. The summed E-state index contributed by atoms with van der Waals surface area (Å²) in [5.41, 5.74) is 0.587. The first-order chi connectivity index (χ1) is 7.09. The predicted molar refractivity (Wildman–Crippen MR) is 54.1 cm³/mol. The fraction of sp³-hybridized carbons (Fsp3) is 0.300. The van der Waals surface area contributed by atoms with Crippen molar-refractivity contribution in [2.24, 2.45) is 0 Å². The van der Waals surface area contributed by atoms with Crippen LogP contribution in [0.25, 0.3) is 0 Å². The number of nitrogens with one attached hydrogen (secondary N) is 1. The molecule has 0 saturated heterocycles. The van der Waals surface area contributed by atoms with Gasteiger partial charge in [-0.15, -0.1) is 0 Å². The standard InChI is InChI=1S/C10H12F2N2O/c1-14(7-9(11)12)10(15)13-8-5-3-2-4-6-8/h2-6,9H,7H2,1H3,(H,13,15). The number of urea groups is 1. The van der Waals surface area contributed by atoms with E-state index in [4.69, 9.17) is 0 Å². The lowest BCUT2D eigenvalue weighted by atomic mass is 10.3. The zero-order valence-electron chi connectivity index (χ0n) is 8.28. The number of benzene rings is 1. The lowest BCUT2D eigenvalue weighted by Gasteiger charge is -2.17. The van der Waals surface area contributed by atoms with Crippen molar-refractivity contribution in [1.82, 2.24) is 4.90 Å².